The summed E-state index contributed by atoms with van der Waals surface area (Å²) in [6.07, 6.45) is 1.49. The highest BCUT2D eigenvalue weighted by Gasteiger charge is 2.14. The summed E-state index contributed by atoms with van der Waals surface area (Å²) in [4.78, 5) is 3.76. The number of hydrogen-bond acceptors (Lipinski definition) is 3. The molecule has 0 bridgehead atoms. The van der Waals surface area contributed by atoms with Crippen molar-refractivity contribution in [1.29, 1.82) is 0 Å². The molecule has 2 nitrogen and oxygen atoms in total. The molecule has 1 heterocycles. The van der Waals surface area contributed by atoms with Crippen LogP contribution in [0, 0.1) is 11.6 Å². The molecular weight excluding hydrogens is 280 g/mol. The fraction of sp³-hybridized carbons (Fsp3) is 0.0833. The molecule has 18 heavy (non-hydrogen) atoms. The number of halogens is 3. The molecule has 0 aliphatic rings. The van der Waals surface area contributed by atoms with Gasteiger partial charge in [-0.1, -0.05) is 23.4 Å². The van der Waals surface area contributed by atoms with Crippen LogP contribution in [0.25, 0.3) is 0 Å². The van der Waals surface area contributed by atoms with Crippen LogP contribution in [0.4, 0.5) is 8.78 Å². The molecule has 0 aliphatic heterocycles. The van der Waals surface area contributed by atoms with Crippen molar-refractivity contribution < 1.29 is 13.9 Å². The van der Waals surface area contributed by atoms with Crippen LogP contribution in [0.2, 0.25) is 5.02 Å². The molecule has 0 spiro atoms. The van der Waals surface area contributed by atoms with E-state index in [4.69, 9.17) is 16.7 Å². The minimum Gasteiger partial charge on any atom is -0.392 e. The van der Waals surface area contributed by atoms with Crippen molar-refractivity contribution in [3.05, 3.63) is 52.7 Å². The highest BCUT2D eigenvalue weighted by molar-refractivity contribution is 7.99. The lowest BCUT2D eigenvalue weighted by molar-refractivity contribution is 0.280. The number of aliphatic hydroxyl groups is 1. The first-order chi connectivity index (χ1) is 8.61. The van der Waals surface area contributed by atoms with Gasteiger partial charge in [-0.25, -0.2) is 13.8 Å². The molecule has 0 fully saturated rings. The minimum absolute atomic E-state index is 0.182. The van der Waals surface area contributed by atoms with Crippen molar-refractivity contribution in [1.82, 2.24) is 4.98 Å². The van der Waals surface area contributed by atoms with E-state index in [1.54, 1.807) is 12.1 Å². The van der Waals surface area contributed by atoms with Gasteiger partial charge in [-0.3, -0.25) is 0 Å². The van der Waals surface area contributed by atoms with Crippen LogP contribution in [-0.4, -0.2) is 10.1 Å². The molecule has 1 aromatic heterocycles. The predicted molar refractivity (Wildman–Crippen MR) is 65.7 cm³/mol. The zero-order chi connectivity index (χ0) is 13.1. The molecule has 0 aliphatic carbocycles. The third-order valence-electron chi connectivity index (χ3n) is 2.16. The van der Waals surface area contributed by atoms with E-state index < -0.39 is 18.2 Å². The van der Waals surface area contributed by atoms with Gasteiger partial charge < -0.3 is 5.11 Å². The second kappa shape index (κ2) is 5.65. The Labute approximate surface area is 112 Å². The van der Waals surface area contributed by atoms with E-state index in [9.17, 15) is 8.78 Å². The first-order valence-electron chi connectivity index (χ1n) is 4.99. The standard InChI is InChI=1S/C12H8ClF2NOS/c13-8-2-1-3-16-12(8)18-11-9(14)4-7(6-17)5-10(11)15/h1-5,17H,6H2. The number of hydrogen-bond donors (Lipinski definition) is 1. The van der Waals surface area contributed by atoms with Crippen molar-refractivity contribution in [2.75, 3.05) is 0 Å². The summed E-state index contributed by atoms with van der Waals surface area (Å²) in [5.74, 6) is -1.49. The van der Waals surface area contributed by atoms with Gasteiger partial charge in [0.05, 0.1) is 16.5 Å². The quantitative estimate of drug-likeness (QED) is 0.935. The van der Waals surface area contributed by atoms with Gasteiger partial charge in [-0.2, -0.15) is 0 Å². The molecule has 0 unspecified atom stereocenters. The van der Waals surface area contributed by atoms with E-state index in [0.717, 1.165) is 23.9 Å². The summed E-state index contributed by atoms with van der Waals surface area (Å²) < 4.78 is 27.3. The second-order valence-electron chi connectivity index (χ2n) is 3.44. The van der Waals surface area contributed by atoms with Crippen LogP contribution >= 0.6 is 23.4 Å². The number of nitrogens with zero attached hydrogens (tertiary/aromatic N) is 1. The molecule has 0 saturated carbocycles. The summed E-state index contributed by atoms with van der Waals surface area (Å²) in [7, 11) is 0. The van der Waals surface area contributed by atoms with Crippen molar-refractivity contribution in [3.63, 3.8) is 0 Å². The molecule has 2 rings (SSSR count). The molecule has 0 atom stereocenters. The molecule has 1 aromatic carbocycles. The van der Waals surface area contributed by atoms with Crippen molar-refractivity contribution in [2.24, 2.45) is 0 Å². The molecule has 0 amide bonds. The summed E-state index contributed by atoms with van der Waals surface area (Å²) in [6.45, 7) is -0.414. The van der Waals surface area contributed by atoms with Crippen LogP contribution in [0.15, 0.2) is 40.4 Å². The van der Waals surface area contributed by atoms with Crippen LogP contribution in [0.3, 0.4) is 0 Å². The smallest absolute Gasteiger partial charge is 0.140 e. The summed E-state index contributed by atoms with van der Waals surface area (Å²) in [6, 6.07) is 5.40. The van der Waals surface area contributed by atoms with E-state index in [2.05, 4.69) is 4.98 Å². The van der Waals surface area contributed by atoms with Crippen LogP contribution in [0.1, 0.15) is 5.56 Å². The van der Waals surface area contributed by atoms with E-state index in [1.807, 2.05) is 0 Å². The second-order valence-corrected chi connectivity index (χ2v) is 4.85. The molecule has 0 radical (unpaired) electrons. The zero-order valence-corrected chi connectivity index (χ0v) is 10.6. The molecule has 0 saturated heterocycles. The average Bonchev–Trinajstić information content (AvgIpc) is 2.35. The lowest BCUT2D eigenvalue weighted by atomic mass is 10.2. The molecular formula is C12H8ClF2NOS. The number of benzene rings is 1. The van der Waals surface area contributed by atoms with Gasteiger partial charge >= 0.3 is 0 Å². The Hall–Kier alpha value is -1.17. The van der Waals surface area contributed by atoms with Gasteiger partial charge in [0.2, 0.25) is 0 Å². The van der Waals surface area contributed by atoms with Gasteiger partial charge in [-0.15, -0.1) is 0 Å². The third kappa shape index (κ3) is 2.80. The largest absolute Gasteiger partial charge is 0.392 e. The maximum absolute atomic E-state index is 13.7. The fourth-order valence-electron chi connectivity index (χ4n) is 1.34. The Morgan fingerprint density at radius 2 is 1.94 bits per heavy atom. The van der Waals surface area contributed by atoms with Gasteiger partial charge in [-0.05, 0) is 29.8 Å². The highest BCUT2D eigenvalue weighted by atomic mass is 35.5. The Bertz CT molecular complexity index is 557. The average molecular weight is 288 g/mol. The SMILES string of the molecule is OCc1cc(F)c(Sc2ncccc2Cl)c(F)c1. The third-order valence-corrected chi connectivity index (χ3v) is 3.69. The van der Waals surface area contributed by atoms with E-state index in [0.29, 0.717) is 10.0 Å². The minimum atomic E-state index is -0.745. The van der Waals surface area contributed by atoms with E-state index >= 15 is 0 Å². The van der Waals surface area contributed by atoms with Crippen molar-refractivity contribution in [2.45, 2.75) is 16.5 Å². The number of aliphatic hydroxyl groups excluding tert-OH is 1. The topological polar surface area (TPSA) is 33.1 Å². The summed E-state index contributed by atoms with van der Waals surface area (Å²) in [5, 5.41) is 9.49. The fourth-order valence-corrected chi connectivity index (χ4v) is 2.37. The first-order valence-corrected chi connectivity index (χ1v) is 6.18. The van der Waals surface area contributed by atoms with Crippen LogP contribution in [0.5, 0.6) is 0 Å². The molecule has 1 N–H and O–H groups in total. The maximum Gasteiger partial charge on any atom is 0.140 e. The normalized spacial score (nSPS) is 10.7. The monoisotopic (exact) mass is 287 g/mol. The van der Waals surface area contributed by atoms with Crippen LogP contribution < -0.4 is 0 Å². The van der Waals surface area contributed by atoms with Gasteiger partial charge in [0.25, 0.3) is 0 Å². The highest BCUT2D eigenvalue weighted by Crippen LogP contribution is 2.35. The summed E-state index contributed by atoms with van der Waals surface area (Å²) in [5.41, 5.74) is 0.182. The van der Waals surface area contributed by atoms with Crippen molar-refractivity contribution in [3.8, 4) is 0 Å². The van der Waals surface area contributed by atoms with E-state index in [1.165, 1.54) is 6.20 Å². The van der Waals surface area contributed by atoms with Gasteiger partial charge in [0.15, 0.2) is 0 Å². The van der Waals surface area contributed by atoms with Crippen LogP contribution in [-0.2, 0) is 6.61 Å². The molecule has 94 valence electrons. The molecule has 6 heteroatoms. The lowest BCUT2D eigenvalue weighted by Gasteiger charge is -2.07. The zero-order valence-electron chi connectivity index (χ0n) is 9.03. The Kier molecular flexibility index (Phi) is 4.16. The maximum atomic E-state index is 13.7. The Morgan fingerprint density at radius 3 is 2.50 bits per heavy atom. The first kappa shape index (κ1) is 13.3. The lowest BCUT2D eigenvalue weighted by Crippen LogP contribution is -1.93. The number of pyridine rings is 1. The number of aromatic nitrogens is 1. The summed E-state index contributed by atoms with van der Waals surface area (Å²) >= 11 is 6.68. The Balaban J connectivity index is 2.38. The van der Waals surface area contributed by atoms with Gasteiger partial charge in [0.1, 0.15) is 16.7 Å². The predicted octanol–water partition coefficient (Wildman–Crippen LogP) is 3.66. The molecule has 2 aromatic rings. The van der Waals surface area contributed by atoms with Crippen molar-refractivity contribution >= 4 is 23.4 Å². The Morgan fingerprint density at radius 1 is 1.28 bits per heavy atom. The number of rotatable bonds is 3. The van der Waals surface area contributed by atoms with Gasteiger partial charge in [0, 0.05) is 6.20 Å². The van der Waals surface area contributed by atoms with E-state index in [-0.39, 0.29) is 10.5 Å².